The van der Waals surface area contributed by atoms with Crippen molar-refractivity contribution in [3.8, 4) is 17.2 Å². The minimum Gasteiger partial charge on any atom is -0.490 e. The number of aryl methyl sites for hydroxylation is 1. The summed E-state index contributed by atoms with van der Waals surface area (Å²) in [6, 6.07) is 9.95. The standard InChI is InChI=1S/C25H25FN8O2/c1-15-8-21(18(26)11-22(15)36-16-4-5-34-24(9-16)29-14-31-34)32-25-17-10-19(27)23(35-7-6-33(2)3)12-20(17)28-13-30-25/h4-5,8-14H,6-7,27H2,1-3H3,(H,28,30,32). The number of nitrogen functional groups attached to an aromatic ring is 1. The Morgan fingerprint density at radius 3 is 2.75 bits per heavy atom. The molecule has 0 radical (unpaired) electrons. The maximum atomic E-state index is 15.1. The number of halogens is 1. The minimum atomic E-state index is -0.498. The highest BCUT2D eigenvalue weighted by molar-refractivity contribution is 5.94. The Morgan fingerprint density at radius 1 is 1.06 bits per heavy atom. The summed E-state index contributed by atoms with van der Waals surface area (Å²) >= 11 is 0. The Kier molecular flexibility index (Phi) is 6.21. The van der Waals surface area contributed by atoms with Crippen LogP contribution in [0.1, 0.15) is 5.56 Å². The summed E-state index contributed by atoms with van der Waals surface area (Å²) in [6.45, 7) is 3.08. The molecule has 0 unspecified atom stereocenters. The molecule has 0 spiro atoms. The number of nitrogens with one attached hydrogen (secondary N) is 1. The van der Waals surface area contributed by atoms with Gasteiger partial charge < -0.3 is 25.4 Å². The molecule has 0 saturated heterocycles. The van der Waals surface area contributed by atoms with Gasteiger partial charge in [-0.3, -0.25) is 0 Å². The van der Waals surface area contributed by atoms with E-state index in [1.165, 1.54) is 18.7 Å². The highest BCUT2D eigenvalue weighted by Gasteiger charge is 2.14. The largest absolute Gasteiger partial charge is 0.490 e. The average Bonchev–Trinajstić information content (AvgIpc) is 3.31. The number of anilines is 3. The van der Waals surface area contributed by atoms with Gasteiger partial charge in [0.15, 0.2) is 5.65 Å². The molecule has 5 aromatic rings. The SMILES string of the molecule is Cc1cc(Nc2ncnc3cc(OCCN(C)C)c(N)cc23)c(F)cc1Oc1ccn2ncnc2c1. The third-order valence-electron chi connectivity index (χ3n) is 5.56. The van der Waals surface area contributed by atoms with Crippen molar-refractivity contribution in [2.45, 2.75) is 6.92 Å². The highest BCUT2D eigenvalue weighted by atomic mass is 19.1. The number of likely N-dealkylation sites (N-methyl/N-ethyl adjacent to an activating group) is 1. The van der Waals surface area contributed by atoms with Crippen LogP contribution in [0.3, 0.4) is 0 Å². The van der Waals surface area contributed by atoms with Gasteiger partial charge >= 0.3 is 0 Å². The molecule has 3 N–H and O–H groups in total. The zero-order valence-corrected chi connectivity index (χ0v) is 20.1. The molecule has 5 rings (SSSR count). The summed E-state index contributed by atoms with van der Waals surface area (Å²) < 4.78 is 28.4. The second-order valence-corrected chi connectivity index (χ2v) is 8.53. The summed E-state index contributed by atoms with van der Waals surface area (Å²) in [6.07, 6.45) is 4.59. The van der Waals surface area contributed by atoms with Crippen LogP contribution >= 0.6 is 0 Å². The molecule has 0 aliphatic carbocycles. The van der Waals surface area contributed by atoms with Crippen LogP contribution in [0.2, 0.25) is 0 Å². The van der Waals surface area contributed by atoms with E-state index >= 15 is 4.39 Å². The van der Waals surface area contributed by atoms with Gasteiger partial charge in [0.2, 0.25) is 0 Å². The second kappa shape index (κ2) is 9.62. The van der Waals surface area contributed by atoms with Gasteiger partial charge in [-0.25, -0.2) is 23.9 Å². The molecule has 11 heteroatoms. The van der Waals surface area contributed by atoms with Gasteiger partial charge in [0.25, 0.3) is 0 Å². The van der Waals surface area contributed by atoms with Crippen LogP contribution in [0, 0.1) is 12.7 Å². The Bertz CT molecular complexity index is 1550. The molecule has 3 heterocycles. The number of fused-ring (bicyclic) bond motifs is 2. The van der Waals surface area contributed by atoms with E-state index in [0.717, 1.165) is 12.1 Å². The maximum absolute atomic E-state index is 15.1. The first-order valence-electron chi connectivity index (χ1n) is 11.2. The van der Waals surface area contributed by atoms with Crippen molar-refractivity contribution in [3.05, 3.63) is 66.6 Å². The number of ether oxygens (including phenoxy) is 2. The Labute approximate surface area is 206 Å². The first kappa shape index (κ1) is 23.2. The predicted octanol–water partition coefficient (Wildman–Crippen LogP) is 4.18. The number of hydrogen-bond acceptors (Lipinski definition) is 9. The third kappa shape index (κ3) is 4.82. The second-order valence-electron chi connectivity index (χ2n) is 8.53. The zero-order chi connectivity index (χ0) is 25.2. The lowest BCUT2D eigenvalue weighted by Crippen LogP contribution is -2.19. The van der Waals surface area contributed by atoms with Crippen molar-refractivity contribution in [2.24, 2.45) is 0 Å². The van der Waals surface area contributed by atoms with E-state index < -0.39 is 5.82 Å². The topological polar surface area (TPSA) is 116 Å². The Morgan fingerprint density at radius 2 is 1.92 bits per heavy atom. The van der Waals surface area contributed by atoms with Crippen LogP contribution in [0.4, 0.5) is 21.6 Å². The lowest BCUT2D eigenvalue weighted by Gasteiger charge is -2.15. The normalized spacial score (nSPS) is 11.4. The molecule has 36 heavy (non-hydrogen) atoms. The number of aromatic nitrogens is 5. The lowest BCUT2D eigenvalue weighted by molar-refractivity contribution is 0.262. The van der Waals surface area contributed by atoms with Crippen molar-refractivity contribution in [2.75, 3.05) is 38.3 Å². The third-order valence-corrected chi connectivity index (χ3v) is 5.56. The van der Waals surface area contributed by atoms with Crippen LogP contribution in [-0.4, -0.2) is 56.7 Å². The monoisotopic (exact) mass is 488 g/mol. The fourth-order valence-corrected chi connectivity index (χ4v) is 3.65. The lowest BCUT2D eigenvalue weighted by atomic mass is 10.1. The van der Waals surface area contributed by atoms with Crippen molar-refractivity contribution >= 4 is 33.7 Å². The molecule has 0 fully saturated rings. The van der Waals surface area contributed by atoms with Crippen LogP contribution in [0.5, 0.6) is 17.2 Å². The number of nitrogens with zero attached hydrogens (tertiary/aromatic N) is 6. The van der Waals surface area contributed by atoms with Gasteiger partial charge in [-0.1, -0.05) is 0 Å². The first-order valence-corrected chi connectivity index (χ1v) is 11.2. The maximum Gasteiger partial charge on any atom is 0.158 e. The molecule has 0 bridgehead atoms. The minimum absolute atomic E-state index is 0.248. The molecule has 0 atom stereocenters. The quantitative estimate of drug-likeness (QED) is 0.310. The Balaban J connectivity index is 1.39. The number of benzene rings is 2. The highest BCUT2D eigenvalue weighted by Crippen LogP contribution is 2.34. The summed E-state index contributed by atoms with van der Waals surface area (Å²) in [5.74, 6) is 1.39. The van der Waals surface area contributed by atoms with E-state index in [4.69, 9.17) is 15.2 Å². The van der Waals surface area contributed by atoms with Gasteiger partial charge in [-0.2, -0.15) is 5.10 Å². The molecule has 0 saturated carbocycles. The first-order chi connectivity index (χ1) is 17.4. The number of hydrogen-bond donors (Lipinski definition) is 2. The van der Waals surface area contributed by atoms with Gasteiger partial charge in [-0.15, -0.1) is 0 Å². The van der Waals surface area contributed by atoms with E-state index in [1.54, 1.807) is 41.0 Å². The van der Waals surface area contributed by atoms with Gasteiger partial charge in [0, 0.05) is 36.3 Å². The molecule has 0 aliphatic rings. The average molecular weight is 489 g/mol. The Hall–Kier alpha value is -4.51. The number of nitrogens with two attached hydrogens (primary N) is 1. The van der Waals surface area contributed by atoms with E-state index in [-0.39, 0.29) is 5.69 Å². The molecular formula is C25H25FN8O2. The van der Waals surface area contributed by atoms with Gasteiger partial charge in [0.05, 0.1) is 16.9 Å². The fourth-order valence-electron chi connectivity index (χ4n) is 3.65. The van der Waals surface area contributed by atoms with E-state index in [1.807, 2.05) is 25.9 Å². The van der Waals surface area contributed by atoms with Crippen molar-refractivity contribution in [3.63, 3.8) is 0 Å². The zero-order valence-electron chi connectivity index (χ0n) is 20.1. The van der Waals surface area contributed by atoms with E-state index in [9.17, 15) is 0 Å². The summed E-state index contributed by atoms with van der Waals surface area (Å²) in [5, 5.41) is 7.77. The summed E-state index contributed by atoms with van der Waals surface area (Å²) in [7, 11) is 3.94. The smallest absolute Gasteiger partial charge is 0.158 e. The summed E-state index contributed by atoms with van der Waals surface area (Å²) in [4.78, 5) is 14.8. The van der Waals surface area contributed by atoms with Crippen molar-refractivity contribution < 1.29 is 13.9 Å². The fraction of sp³-hybridized carbons (Fsp3) is 0.200. The van der Waals surface area contributed by atoms with Crippen molar-refractivity contribution in [1.82, 2.24) is 29.5 Å². The molecular weight excluding hydrogens is 463 g/mol. The molecule has 3 aromatic heterocycles. The summed E-state index contributed by atoms with van der Waals surface area (Å²) in [5.41, 5.74) is 8.90. The van der Waals surface area contributed by atoms with Gasteiger partial charge in [0.1, 0.15) is 48.1 Å². The van der Waals surface area contributed by atoms with Crippen molar-refractivity contribution in [1.29, 1.82) is 0 Å². The van der Waals surface area contributed by atoms with Crippen LogP contribution in [0.25, 0.3) is 16.6 Å². The van der Waals surface area contributed by atoms with Gasteiger partial charge in [-0.05, 0) is 44.8 Å². The predicted molar refractivity (Wildman–Crippen MR) is 135 cm³/mol. The van der Waals surface area contributed by atoms with Crippen LogP contribution in [-0.2, 0) is 0 Å². The van der Waals surface area contributed by atoms with Crippen LogP contribution in [0.15, 0.2) is 55.2 Å². The molecule has 2 aromatic carbocycles. The van der Waals surface area contributed by atoms with E-state index in [2.05, 4.69) is 25.4 Å². The molecule has 184 valence electrons. The van der Waals surface area contributed by atoms with Crippen LogP contribution < -0.4 is 20.5 Å². The molecule has 10 nitrogen and oxygen atoms in total. The number of rotatable bonds is 8. The molecule has 0 aliphatic heterocycles. The molecule has 0 amide bonds. The number of pyridine rings is 1. The van der Waals surface area contributed by atoms with E-state index in [0.29, 0.717) is 51.9 Å².